The summed E-state index contributed by atoms with van der Waals surface area (Å²) >= 11 is 0. The highest BCUT2D eigenvalue weighted by Crippen LogP contribution is 2.24. The molecule has 94 valence electrons. The molecule has 1 fully saturated rings. The van der Waals surface area contributed by atoms with Crippen LogP contribution in [-0.4, -0.2) is 36.1 Å². The lowest BCUT2D eigenvalue weighted by atomic mass is 9.92. The van der Waals surface area contributed by atoms with E-state index >= 15 is 0 Å². The summed E-state index contributed by atoms with van der Waals surface area (Å²) in [5, 5.41) is 3.32. The maximum Gasteiger partial charge on any atom is 0.132 e. The molecule has 2 rings (SSSR count). The van der Waals surface area contributed by atoms with Gasteiger partial charge in [-0.25, -0.2) is 9.97 Å². The Labute approximate surface area is 103 Å². The van der Waals surface area contributed by atoms with Crippen molar-refractivity contribution in [3.63, 3.8) is 0 Å². The van der Waals surface area contributed by atoms with E-state index in [0.29, 0.717) is 6.04 Å². The van der Waals surface area contributed by atoms with Crippen molar-refractivity contribution in [2.24, 2.45) is 0 Å². The molecule has 0 aliphatic carbocycles. The molecule has 0 spiro atoms. The average Bonchev–Trinajstić information content (AvgIpc) is 2.76. The standard InChI is InChI=1S/C13H22N4/c1-13(2,3)11-7-12(16-9-15-11)17-6-5-10(8-17)14-4/h7,9-10,14H,5-6,8H2,1-4H3/t10-/m0/s1. The molecule has 0 bridgehead atoms. The highest BCUT2D eigenvalue weighted by Gasteiger charge is 2.23. The zero-order chi connectivity index (χ0) is 12.5. The van der Waals surface area contributed by atoms with E-state index in [9.17, 15) is 0 Å². The van der Waals surface area contributed by atoms with Crippen molar-refractivity contribution in [2.75, 3.05) is 25.0 Å². The second-order valence-corrected chi connectivity index (χ2v) is 5.73. The molecular formula is C13H22N4. The van der Waals surface area contributed by atoms with Crippen LogP contribution in [0.4, 0.5) is 5.82 Å². The van der Waals surface area contributed by atoms with Gasteiger partial charge >= 0.3 is 0 Å². The van der Waals surface area contributed by atoms with Crippen LogP contribution in [0.2, 0.25) is 0 Å². The number of likely N-dealkylation sites (N-methyl/N-ethyl adjacent to an activating group) is 1. The van der Waals surface area contributed by atoms with Crippen molar-refractivity contribution in [1.29, 1.82) is 0 Å². The molecule has 1 aliphatic rings. The van der Waals surface area contributed by atoms with E-state index in [0.717, 1.165) is 24.6 Å². The Balaban J connectivity index is 2.17. The van der Waals surface area contributed by atoms with Gasteiger partial charge in [0.1, 0.15) is 12.1 Å². The van der Waals surface area contributed by atoms with Gasteiger partial charge in [-0.2, -0.15) is 0 Å². The lowest BCUT2D eigenvalue weighted by Gasteiger charge is -2.21. The Morgan fingerprint density at radius 2 is 2.12 bits per heavy atom. The number of nitrogens with zero attached hydrogens (tertiary/aromatic N) is 3. The highest BCUT2D eigenvalue weighted by atomic mass is 15.2. The Morgan fingerprint density at radius 3 is 2.71 bits per heavy atom. The van der Waals surface area contributed by atoms with Crippen molar-refractivity contribution in [2.45, 2.75) is 38.6 Å². The molecular weight excluding hydrogens is 212 g/mol. The largest absolute Gasteiger partial charge is 0.355 e. The molecule has 0 saturated carbocycles. The zero-order valence-corrected chi connectivity index (χ0v) is 11.2. The molecule has 4 nitrogen and oxygen atoms in total. The molecule has 0 unspecified atom stereocenters. The first-order valence-corrected chi connectivity index (χ1v) is 6.25. The maximum absolute atomic E-state index is 4.39. The van der Waals surface area contributed by atoms with Crippen LogP contribution < -0.4 is 10.2 Å². The van der Waals surface area contributed by atoms with Crippen molar-refractivity contribution >= 4 is 5.82 Å². The Hall–Kier alpha value is -1.16. The van der Waals surface area contributed by atoms with E-state index in [2.05, 4.69) is 47.0 Å². The molecule has 1 aromatic heterocycles. The number of nitrogens with one attached hydrogen (secondary N) is 1. The van der Waals surface area contributed by atoms with Crippen LogP contribution in [0.25, 0.3) is 0 Å². The van der Waals surface area contributed by atoms with Crippen LogP contribution in [0.5, 0.6) is 0 Å². The topological polar surface area (TPSA) is 41.0 Å². The average molecular weight is 234 g/mol. The monoisotopic (exact) mass is 234 g/mol. The summed E-state index contributed by atoms with van der Waals surface area (Å²) in [6.45, 7) is 8.65. The van der Waals surface area contributed by atoms with Crippen LogP contribution in [0.15, 0.2) is 12.4 Å². The second-order valence-electron chi connectivity index (χ2n) is 5.73. The Morgan fingerprint density at radius 1 is 1.35 bits per heavy atom. The van der Waals surface area contributed by atoms with Gasteiger partial charge in [0.2, 0.25) is 0 Å². The van der Waals surface area contributed by atoms with E-state index in [-0.39, 0.29) is 5.41 Å². The summed E-state index contributed by atoms with van der Waals surface area (Å²) < 4.78 is 0. The van der Waals surface area contributed by atoms with Gasteiger partial charge in [-0.15, -0.1) is 0 Å². The van der Waals surface area contributed by atoms with Gasteiger partial charge in [0.05, 0.1) is 5.69 Å². The summed E-state index contributed by atoms with van der Waals surface area (Å²) in [6.07, 6.45) is 2.87. The molecule has 4 heteroatoms. The SMILES string of the molecule is CN[C@H]1CCN(c2cc(C(C)(C)C)ncn2)C1. The number of rotatable bonds is 2. The maximum atomic E-state index is 4.39. The first-order valence-electron chi connectivity index (χ1n) is 6.25. The lowest BCUT2D eigenvalue weighted by molar-refractivity contribution is 0.566. The first-order chi connectivity index (χ1) is 8.00. The molecule has 0 radical (unpaired) electrons. The second kappa shape index (κ2) is 4.61. The lowest BCUT2D eigenvalue weighted by Crippen LogP contribution is -2.30. The van der Waals surface area contributed by atoms with E-state index in [1.54, 1.807) is 6.33 Å². The van der Waals surface area contributed by atoms with E-state index < -0.39 is 0 Å². The van der Waals surface area contributed by atoms with Gasteiger partial charge in [-0.3, -0.25) is 0 Å². The summed E-state index contributed by atoms with van der Waals surface area (Å²) in [5.41, 5.74) is 1.19. The minimum Gasteiger partial charge on any atom is -0.355 e. The van der Waals surface area contributed by atoms with Gasteiger partial charge in [0.15, 0.2) is 0 Å². The van der Waals surface area contributed by atoms with Crippen LogP contribution in [-0.2, 0) is 5.41 Å². The Kier molecular flexibility index (Phi) is 3.33. The van der Waals surface area contributed by atoms with Crippen LogP contribution in [0.3, 0.4) is 0 Å². The summed E-state index contributed by atoms with van der Waals surface area (Å²) in [7, 11) is 2.02. The fraction of sp³-hybridized carbons (Fsp3) is 0.692. The molecule has 1 saturated heterocycles. The molecule has 0 aromatic carbocycles. The molecule has 17 heavy (non-hydrogen) atoms. The number of aromatic nitrogens is 2. The minimum absolute atomic E-state index is 0.0832. The number of anilines is 1. The predicted octanol–water partition coefficient (Wildman–Crippen LogP) is 1.57. The molecule has 0 amide bonds. The molecule has 1 aromatic rings. The fourth-order valence-corrected chi connectivity index (χ4v) is 2.13. The van der Waals surface area contributed by atoms with Gasteiger partial charge in [-0.05, 0) is 13.5 Å². The summed E-state index contributed by atoms with van der Waals surface area (Å²) in [5.74, 6) is 1.06. The van der Waals surface area contributed by atoms with E-state index in [4.69, 9.17) is 0 Å². The predicted molar refractivity (Wildman–Crippen MR) is 70.4 cm³/mol. The molecule has 1 atom stereocenters. The van der Waals surface area contributed by atoms with Crippen molar-refractivity contribution in [3.05, 3.63) is 18.1 Å². The van der Waals surface area contributed by atoms with Gasteiger partial charge < -0.3 is 10.2 Å². The molecule has 1 aliphatic heterocycles. The first kappa shape index (κ1) is 12.3. The van der Waals surface area contributed by atoms with Crippen LogP contribution in [0, 0.1) is 0 Å². The normalized spacial score (nSPS) is 20.9. The van der Waals surface area contributed by atoms with Gasteiger partial charge in [0, 0.05) is 30.6 Å². The summed E-state index contributed by atoms with van der Waals surface area (Å²) in [4.78, 5) is 11.1. The minimum atomic E-state index is 0.0832. The fourth-order valence-electron chi connectivity index (χ4n) is 2.13. The smallest absolute Gasteiger partial charge is 0.132 e. The van der Waals surface area contributed by atoms with Crippen molar-refractivity contribution < 1.29 is 0 Å². The molecule has 2 heterocycles. The van der Waals surface area contributed by atoms with Crippen LogP contribution >= 0.6 is 0 Å². The highest BCUT2D eigenvalue weighted by molar-refractivity contribution is 5.41. The number of hydrogen-bond acceptors (Lipinski definition) is 4. The quantitative estimate of drug-likeness (QED) is 0.843. The van der Waals surface area contributed by atoms with Crippen molar-refractivity contribution in [1.82, 2.24) is 15.3 Å². The third kappa shape index (κ3) is 2.75. The summed E-state index contributed by atoms with van der Waals surface area (Å²) in [6, 6.07) is 2.71. The van der Waals surface area contributed by atoms with Crippen LogP contribution in [0.1, 0.15) is 32.9 Å². The number of hydrogen-bond donors (Lipinski definition) is 1. The van der Waals surface area contributed by atoms with Gasteiger partial charge in [-0.1, -0.05) is 20.8 Å². The van der Waals surface area contributed by atoms with Crippen molar-refractivity contribution in [3.8, 4) is 0 Å². The molecule has 1 N–H and O–H groups in total. The van der Waals surface area contributed by atoms with E-state index in [1.165, 1.54) is 6.42 Å². The Bertz CT molecular complexity index is 383. The zero-order valence-electron chi connectivity index (χ0n) is 11.2. The van der Waals surface area contributed by atoms with E-state index in [1.807, 2.05) is 7.05 Å². The third-order valence-electron chi connectivity index (χ3n) is 3.34. The third-order valence-corrected chi connectivity index (χ3v) is 3.34. The van der Waals surface area contributed by atoms with Gasteiger partial charge in [0.25, 0.3) is 0 Å².